The van der Waals surface area contributed by atoms with E-state index >= 15 is 0 Å². The van der Waals surface area contributed by atoms with Crippen molar-refractivity contribution in [2.24, 2.45) is 0 Å². The van der Waals surface area contributed by atoms with Gasteiger partial charge in [0.25, 0.3) is 0 Å². The van der Waals surface area contributed by atoms with E-state index in [0.29, 0.717) is 0 Å². The minimum absolute atomic E-state index is 0.836. The first kappa shape index (κ1) is 11.7. The Kier molecular flexibility index (Phi) is 2.71. The van der Waals surface area contributed by atoms with Crippen LogP contribution in [0.4, 0.5) is 11.5 Å². The molecule has 1 aromatic carbocycles. The highest BCUT2D eigenvalue weighted by Gasteiger charge is 2.08. The lowest BCUT2D eigenvalue weighted by Crippen LogP contribution is -1.98. The van der Waals surface area contributed by atoms with Crippen LogP contribution in [0.1, 0.15) is 16.8 Å². The molecule has 0 unspecified atom stereocenters. The molecule has 0 aliphatic rings. The fourth-order valence-electron chi connectivity index (χ4n) is 2.18. The Morgan fingerprint density at radius 1 is 1.11 bits per heavy atom. The molecule has 0 saturated heterocycles. The van der Waals surface area contributed by atoms with Gasteiger partial charge < -0.3 is 10.3 Å². The van der Waals surface area contributed by atoms with Gasteiger partial charge in [0.2, 0.25) is 0 Å². The van der Waals surface area contributed by atoms with Gasteiger partial charge in [-0.1, -0.05) is 12.1 Å². The van der Waals surface area contributed by atoms with Gasteiger partial charge in [0.1, 0.15) is 17.8 Å². The molecule has 0 fully saturated rings. The van der Waals surface area contributed by atoms with Crippen LogP contribution < -0.4 is 5.32 Å². The SMILES string of the molecule is Cc1cc2c(Nc3cccc(C)c3C)ncnc2[nH]1. The molecule has 96 valence electrons. The molecular weight excluding hydrogens is 236 g/mol. The van der Waals surface area contributed by atoms with Gasteiger partial charge >= 0.3 is 0 Å². The van der Waals surface area contributed by atoms with Gasteiger partial charge in [-0.25, -0.2) is 9.97 Å². The molecule has 2 N–H and O–H groups in total. The van der Waals surface area contributed by atoms with E-state index in [-0.39, 0.29) is 0 Å². The van der Waals surface area contributed by atoms with Crippen LogP contribution in [0.5, 0.6) is 0 Å². The Bertz CT molecular complexity index is 743. The van der Waals surface area contributed by atoms with Crippen LogP contribution in [-0.4, -0.2) is 15.0 Å². The van der Waals surface area contributed by atoms with E-state index in [1.165, 1.54) is 11.1 Å². The molecule has 0 aliphatic heterocycles. The molecule has 0 atom stereocenters. The second-order valence-corrected chi connectivity index (χ2v) is 4.81. The predicted octanol–water partition coefficient (Wildman–Crippen LogP) is 3.63. The second-order valence-electron chi connectivity index (χ2n) is 4.81. The molecular formula is C15H16N4. The first-order valence-electron chi connectivity index (χ1n) is 6.28. The zero-order chi connectivity index (χ0) is 13.4. The standard InChI is InChI=1S/C15H16N4/c1-9-5-4-6-13(11(9)3)19-15-12-7-10(2)18-14(12)16-8-17-15/h4-8H,1-3H3,(H2,16,17,18,19). The summed E-state index contributed by atoms with van der Waals surface area (Å²) < 4.78 is 0. The van der Waals surface area contributed by atoms with Gasteiger partial charge in [-0.05, 0) is 44.0 Å². The molecule has 0 spiro atoms. The van der Waals surface area contributed by atoms with E-state index < -0.39 is 0 Å². The molecule has 2 heterocycles. The number of nitrogens with one attached hydrogen (secondary N) is 2. The van der Waals surface area contributed by atoms with Crippen molar-refractivity contribution in [1.29, 1.82) is 0 Å². The Hall–Kier alpha value is -2.36. The predicted molar refractivity (Wildman–Crippen MR) is 77.8 cm³/mol. The van der Waals surface area contributed by atoms with E-state index in [1.54, 1.807) is 6.33 Å². The molecule has 0 bridgehead atoms. The number of anilines is 2. The number of hydrogen-bond acceptors (Lipinski definition) is 3. The van der Waals surface area contributed by atoms with Crippen molar-refractivity contribution < 1.29 is 0 Å². The Labute approximate surface area is 111 Å². The molecule has 4 heteroatoms. The van der Waals surface area contributed by atoms with Gasteiger partial charge in [-0.3, -0.25) is 0 Å². The molecule has 3 rings (SSSR count). The summed E-state index contributed by atoms with van der Waals surface area (Å²) in [5.74, 6) is 0.836. The zero-order valence-electron chi connectivity index (χ0n) is 11.3. The zero-order valence-corrected chi connectivity index (χ0v) is 11.3. The Balaban J connectivity index is 2.08. The molecule has 19 heavy (non-hydrogen) atoms. The summed E-state index contributed by atoms with van der Waals surface area (Å²) in [5, 5.41) is 4.41. The van der Waals surface area contributed by atoms with Gasteiger partial charge in [0.05, 0.1) is 5.39 Å². The quantitative estimate of drug-likeness (QED) is 0.732. The van der Waals surface area contributed by atoms with Crippen LogP contribution in [0.25, 0.3) is 11.0 Å². The number of benzene rings is 1. The molecule has 3 aromatic rings. The third kappa shape index (κ3) is 2.05. The van der Waals surface area contributed by atoms with Crippen molar-refractivity contribution in [2.75, 3.05) is 5.32 Å². The molecule has 0 amide bonds. The smallest absolute Gasteiger partial charge is 0.143 e. The topological polar surface area (TPSA) is 53.6 Å². The number of fused-ring (bicyclic) bond motifs is 1. The number of aromatic amines is 1. The van der Waals surface area contributed by atoms with Crippen molar-refractivity contribution in [2.45, 2.75) is 20.8 Å². The van der Waals surface area contributed by atoms with Crippen molar-refractivity contribution >= 4 is 22.5 Å². The summed E-state index contributed by atoms with van der Waals surface area (Å²) in [4.78, 5) is 11.8. The second kappa shape index (κ2) is 4.39. The number of aromatic nitrogens is 3. The van der Waals surface area contributed by atoms with Crippen LogP contribution in [0.15, 0.2) is 30.6 Å². The molecule has 0 saturated carbocycles. The van der Waals surface area contributed by atoms with Crippen LogP contribution >= 0.6 is 0 Å². The molecule has 2 aromatic heterocycles. The summed E-state index contributed by atoms with van der Waals surface area (Å²) in [7, 11) is 0. The highest BCUT2D eigenvalue weighted by atomic mass is 15.0. The minimum atomic E-state index is 0.836. The maximum Gasteiger partial charge on any atom is 0.143 e. The normalized spacial score (nSPS) is 10.9. The average molecular weight is 252 g/mol. The monoisotopic (exact) mass is 252 g/mol. The van der Waals surface area contributed by atoms with E-state index in [0.717, 1.165) is 28.2 Å². The third-order valence-electron chi connectivity index (χ3n) is 3.42. The minimum Gasteiger partial charge on any atom is -0.343 e. The summed E-state index contributed by atoms with van der Waals surface area (Å²) >= 11 is 0. The van der Waals surface area contributed by atoms with Crippen molar-refractivity contribution in [3.8, 4) is 0 Å². The molecule has 0 aliphatic carbocycles. The fourth-order valence-corrected chi connectivity index (χ4v) is 2.18. The number of aryl methyl sites for hydroxylation is 2. The fraction of sp³-hybridized carbons (Fsp3) is 0.200. The van der Waals surface area contributed by atoms with Gasteiger partial charge in [0, 0.05) is 11.4 Å². The van der Waals surface area contributed by atoms with E-state index in [2.05, 4.69) is 52.3 Å². The lowest BCUT2D eigenvalue weighted by molar-refractivity contribution is 1.18. The van der Waals surface area contributed by atoms with Gasteiger partial charge in [-0.15, -0.1) is 0 Å². The summed E-state index contributed by atoms with van der Waals surface area (Å²) in [5.41, 5.74) is 5.53. The van der Waals surface area contributed by atoms with Gasteiger partial charge in [-0.2, -0.15) is 0 Å². The Morgan fingerprint density at radius 2 is 1.95 bits per heavy atom. The first-order chi connectivity index (χ1) is 9.15. The largest absolute Gasteiger partial charge is 0.343 e. The number of hydrogen-bond donors (Lipinski definition) is 2. The first-order valence-corrected chi connectivity index (χ1v) is 6.28. The number of H-pyrrole nitrogens is 1. The average Bonchev–Trinajstić information content (AvgIpc) is 2.76. The van der Waals surface area contributed by atoms with Crippen molar-refractivity contribution in [3.63, 3.8) is 0 Å². The van der Waals surface area contributed by atoms with Crippen LogP contribution in [-0.2, 0) is 0 Å². The maximum atomic E-state index is 4.34. The summed E-state index contributed by atoms with van der Waals surface area (Å²) in [6.45, 7) is 6.23. The van der Waals surface area contributed by atoms with Crippen molar-refractivity contribution in [3.05, 3.63) is 47.4 Å². The molecule has 0 radical (unpaired) electrons. The van der Waals surface area contributed by atoms with Crippen LogP contribution in [0, 0.1) is 20.8 Å². The molecule has 4 nitrogen and oxygen atoms in total. The third-order valence-corrected chi connectivity index (χ3v) is 3.42. The maximum absolute atomic E-state index is 4.34. The Morgan fingerprint density at radius 3 is 2.79 bits per heavy atom. The van der Waals surface area contributed by atoms with E-state index in [9.17, 15) is 0 Å². The van der Waals surface area contributed by atoms with Gasteiger partial charge in [0.15, 0.2) is 0 Å². The van der Waals surface area contributed by atoms with Crippen molar-refractivity contribution in [1.82, 2.24) is 15.0 Å². The van der Waals surface area contributed by atoms with Crippen LogP contribution in [0.3, 0.4) is 0 Å². The highest BCUT2D eigenvalue weighted by molar-refractivity contribution is 5.89. The number of rotatable bonds is 2. The van der Waals surface area contributed by atoms with E-state index in [1.807, 2.05) is 13.0 Å². The number of nitrogens with zero attached hydrogens (tertiary/aromatic N) is 2. The summed E-state index contributed by atoms with van der Waals surface area (Å²) in [6.07, 6.45) is 1.58. The van der Waals surface area contributed by atoms with Crippen LogP contribution in [0.2, 0.25) is 0 Å². The van der Waals surface area contributed by atoms with E-state index in [4.69, 9.17) is 0 Å². The lowest BCUT2D eigenvalue weighted by Gasteiger charge is -2.11. The highest BCUT2D eigenvalue weighted by Crippen LogP contribution is 2.26. The summed E-state index contributed by atoms with van der Waals surface area (Å²) in [6, 6.07) is 8.28. The lowest BCUT2D eigenvalue weighted by atomic mass is 10.1.